The zero-order valence-electron chi connectivity index (χ0n) is 17.0. The summed E-state index contributed by atoms with van der Waals surface area (Å²) in [4.78, 5) is 7.29. The van der Waals surface area contributed by atoms with E-state index < -0.39 is 11.4 Å². The van der Waals surface area contributed by atoms with Crippen LogP contribution in [-0.4, -0.2) is 31.2 Å². The van der Waals surface area contributed by atoms with Gasteiger partial charge in [-0.1, -0.05) is 24.3 Å². The molecule has 2 aromatic rings. The molecule has 0 radical (unpaired) electrons. The first-order valence-corrected chi connectivity index (χ1v) is 10.6. The predicted octanol–water partition coefficient (Wildman–Crippen LogP) is 1.68. The maximum absolute atomic E-state index is 11.3. The van der Waals surface area contributed by atoms with Gasteiger partial charge in [0.05, 0.1) is 11.4 Å². The van der Waals surface area contributed by atoms with Gasteiger partial charge in [-0.05, 0) is 54.3 Å². The van der Waals surface area contributed by atoms with Gasteiger partial charge in [0.15, 0.2) is 10.9 Å². The molecular weight excluding hydrogens is 384 g/mol. The van der Waals surface area contributed by atoms with Crippen LogP contribution in [0.3, 0.4) is 0 Å². The van der Waals surface area contributed by atoms with Crippen LogP contribution in [0.5, 0.6) is 0 Å². The first-order chi connectivity index (χ1) is 13.8. The Morgan fingerprint density at radius 3 is 2.59 bits per heavy atom. The summed E-state index contributed by atoms with van der Waals surface area (Å²) in [7, 11) is 4.07. The molecule has 6 N–H and O–H groups in total. The summed E-state index contributed by atoms with van der Waals surface area (Å²) in [6.45, 7) is 2.83. The molecule has 29 heavy (non-hydrogen) atoms. The van der Waals surface area contributed by atoms with E-state index in [1.807, 2.05) is 32.3 Å². The molecule has 0 fully saturated rings. The normalized spacial score (nSPS) is 17.1. The SMILES string of the molecule is Cc1c(C2C=C(NCCc3ccc([S+](N)[O-])cc3)NC(N)=N2)cccc1N(C)C. The highest BCUT2D eigenvalue weighted by Crippen LogP contribution is 2.30. The Bertz CT molecular complexity index is 908. The molecule has 154 valence electrons. The Morgan fingerprint density at radius 2 is 1.93 bits per heavy atom. The summed E-state index contributed by atoms with van der Waals surface area (Å²) >= 11 is -1.44. The van der Waals surface area contributed by atoms with E-state index in [1.54, 1.807) is 12.1 Å². The zero-order valence-corrected chi connectivity index (χ0v) is 17.8. The van der Waals surface area contributed by atoms with Gasteiger partial charge < -0.3 is 25.8 Å². The molecule has 0 bridgehead atoms. The minimum Gasteiger partial charge on any atom is -0.593 e. The molecule has 1 aliphatic rings. The largest absolute Gasteiger partial charge is 0.593 e. The Labute approximate surface area is 175 Å². The fourth-order valence-corrected chi connectivity index (χ4v) is 3.80. The Hall–Kier alpha value is -2.68. The Morgan fingerprint density at radius 1 is 1.21 bits per heavy atom. The summed E-state index contributed by atoms with van der Waals surface area (Å²) in [6.07, 6.45) is 2.87. The maximum atomic E-state index is 11.3. The second kappa shape index (κ2) is 9.21. The van der Waals surface area contributed by atoms with Crippen LogP contribution in [0.1, 0.15) is 22.7 Å². The van der Waals surface area contributed by atoms with Gasteiger partial charge in [0.1, 0.15) is 11.9 Å². The number of nitrogens with one attached hydrogen (secondary N) is 2. The topological polar surface area (TPSA) is 115 Å². The van der Waals surface area contributed by atoms with Crippen molar-refractivity contribution in [2.45, 2.75) is 24.3 Å². The van der Waals surface area contributed by atoms with Crippen molar-refractivity contribution in [3.8, 4) is 0 Å². The van der Waals surface area contributed by atoms with E-state index in [-0.39, 0.29) is 6.04 Å². The van der Waals surface area contributed by atoms with E-state index >= 15 is 0 Å². The molecule has 3 rings (SSSR count). The summed E-state index contributed by atoms with van der Waals surface area (Å²) < 4.78 is 11.3. The average molecular weight is 413 g/mol. The second-order valence-corrected chi connectivity index (χ2v) is 8.23. The monoisotopic (exact) mass is 412 g/mol. The number of nitrogens with two attached hydrogens (primary N) is 2. The lowest BCUT2D eigenvalue weighted by atomic mass is 9.99. The highest BCUT2D eigenvalue weighted by molar-refractivity contribution is 7.89. The number of aliphatic imine (C=N–C) groups is 1. The van der Waals surface area contributed by atoms with E-state index in [2.05, 4.69) is 45.7 Å². The molecular formula is C21H28N6OS. The van der Waals surface area contributed by atoms with Gasteiger partial charge in [0, 0.05) is 26.3 Å². The fourth-order valence-electron chi connectivity index (χ4n) is 3.40. The minimum atomic E-state index is -1.44. The Balaban J connectivity index is 1.68. The first kappa shape index (κ1) is 21.0. The zero-order chi connectivity index (χ0) is 21.0. The summed E-state index contributed by atoms with van der Waals surface area (Å²) in [5.74, 6) is 1.24. The van der Waals surface area contributed by atoms with Gasteiger partial charge in [-0.25, -0.2) is 4.99 Å². The molecule has 0 aromatic heterocycles. The van der Waals surface area contributed by atoms with Gasteiger partial charge in [0.25, 0.3) is 0 Å². The van der Waals surface area contributed by atoms with Crippen molar-refractivity contribution in [2.75, 3.05) is 25.5 Å². The number of guanidine groups is 1. The first-order valence-electron chi connectivity index (χ1n) is 9.43. The quantitative estimate of drug-likeness (QED) is 0.515. The molecule has 8 heteroatoms. The van der Waals surface area contributed by atoms with Crippen molar-refractivity contribution in [2.24, 2.45) is 15.9 Å². The molecule has 2 aromatic carbocycles. The van der Waals surface area contributed by atoms with Crippen LogP contribution < -0.4 is 26.4 Å². The van der Waals surface area contributed by atoms with Gasteiger partial charge in [-0.3, -0.25) is 0 Å². The van der Waals surface area contributed by atoms with E-state index in [4.69, 9.17) is 10.9 Å². The van der Waals surface area contributed by atoms with Crippen molar-refractivity contribution in [1.29, 1.82) is 0 Å². The second-order valence-electron chi connectivity index (χ2n) is 7.17. The van der Waals surface area contributed by atoms with Crippen molar-refractivity contribution in [1.82, 2.24) is 10.6 Å². The lowest BCUT2D eigenvalue weighted by molar-refractivity contribution is 0.596. The van der Waals surface area contributed by atoms with Crippen LogP contribution in [0, 0.1) is 6.92 Å². The minimum absolute atomic E-state index is 0.141. The number of hydrogen-bond donors (Lipinski definition) is 4. The lowest BCUT2D eigenvalue weighted by Crippen LogP contribution is -2.40. The molecule has 0 spiro atoms. The number of hydrogen-bond acceptors (Lipinski definition) is 7. The molecule has 7 nitrogen and oxygen atoms in total. The van der Waals surface area contributed by atoms with Crippen LogP contribution in [0.2, 0.25) is 0 Å². The number of nitrogens with zero attached hydrogens (tertiary/aromatic N) is 2. The molecule has 0 saturated carbocycles. The lowest BCUT2D eigenvalue weighted by Gasteiger charge is -2.24. The van der Waals surface area contributed by atoms with Crippen LogP contribution >= 0.6 is 0 Å². The van der Waals surface area contributed by atoms with E-state index in [0.29, 0.717) is 10.9 Å². The third-order valence-electron chi connectivity index (χ3n) is 4.90. The van der Waals surface area contributed by atoms with Gasteiger partial charge in [0.2, 0.25) is 0 Å². The molecule has 1 aliphatic heterocycles. The van der Waals surface area contributed by atoms with E-state index in [0.717, 1.165) is 29.9 Å². The van der Waals surface area contributed by atoms with Crippen LogP contribution in [0.25, 0.3) is 0 Å². The Kier molecular flexibility index (Phi) is 6.68. The third-order valence-corrected chi connectivity index (χ3v) is 5.63. The van der Waals surface area contributed by atoms with Crippen LogP contribution in [0.4, 0.5) is 5.69 Å². The summed E-state index contributed by atoms with van der Waals surface area (Å²) in [6, 6.07) is 13.6. The molecule has 1 heterocycles. The highest BCUT2D eigenvalue weighted by atomic mass is 32.2. The van der Waals surface area contributed by atoms with Crippen molar-refractivity contribution in [3.63, 3.8) is 0 Å². The van der Waals surface area contributed by atoms with Crippen LogP contribution in [0.15, 0.2) is 64.2 Å². The number of rotatable bonds is 7. The van der Waals surface area contributed by atoms with Crippen molar-refractivity contribution >= 4 is 23.0 Å². The van der Waals surface area contributed by atoms with E-state index in [1.165, 1.54) is 11.3 Å². The maximum Gasteiger partial charge on any atom is 0.195 e. The predicted molar refractivity (Wildman–Crippen MR) is 120 cm³/mol. The third kappa shape index (κ3) is 5.23. The van der Waals surface area contributed by atoms with Crippen LogP contribution in [-0.2, 0) is 17.8 Å². The van der Waals surface area contributed by atoms with Gasteiger partial charge >= 0.3 is 0 Å². The molecule has 0 aliphatic carbocycles. The molecule has 2 atom stereocenters. The molecule has 2 unspecified atom stereocenters. The van der Waals surface area contributed by atoms with Gasteiger partial charge in [-0.2, -0.15) is 0 Å². The number of benzene rings is 2. The van der Waals surface area contributed by atoms with Crippen molar-refractivity contribution in [3.05, 3.63) is 71.1 Å². The van der Waals surface area contributed by atoms with Gasteiger partial charge in [-0.15, -0.1) is 5.14 Å². The van der Waals surface area contributed by atoms with Crippen molar-refractivity contribution < 1.29 is 4.55 Å². The highest BCUT2D eigenvalue weighted by Gasteiger charge is 2.18. The standard InChI is InChI=1S/C21H28N6OS/c1-14-17(5-4-6-19(14)27(2)3)18-13-20(26-21(22)25-18)24-12-11-15-7-9-16(10-8-15)29(23)28/h4-10,13,18,24H,11-12,23H2,1-3H3,(H3,22,25,26). The molecule has 0 amide bonds. The summed E-state index contributed by atoms with van der Waals surface area (Å²) in [5, 5.41) is 11.9. The summed E-state index contributed by atoms with van der Waals surface area (Å²) in [5.41, 5.74) is 10.7. The number of anilines is 1. The average Bonchev–Trinajstić information content (AvgIpc) is 2.68. The smallest absolute Gasteiger partial charge is 0.195 e. The fraction of sp³-hybridized carbons (Fsp3) is 0.286. The van der Waals surface area contributed by atoms with E-state index in [9.17, 15) is 4.55 Å². The molecule has 0 saturated heterocycles.